The Balaban J connectivity index is 2.52. The van der Waals surface area contributed by atoms with E-state index in [0.29, 0.717) is 6.29 Å². The number of hydrogen-bond donors (Lipinski definition) is 1. The first-order valence-corrected chi connectivity index (χ1v) is 4.51. The standard InChI is InChI=1S/C10H6FN3O3/c11-8-6(5-15)1-2-12-9(8)14-4-7(3-13-14)10(16)17/h1-5H,(H,16,17). The van der Waals surface area contributed by atoms with Gasteiger partial charge in [-0.25, -0.2) is 18.9 Å². The average Bonchev–Trinajstić information content (AvgIpc) is 2.78. The molecule has 0 aliphatic heterocycles. The second-order valence-corrected chi connectivity index (χ2v) is 3.13. The quantitative estimate of drug-likeness (QED) is 0.799. The van der Waals surface area contributed by atoms with Gasteiger partial charge in [0, 0.05) is 12.4 Å². The second kappa shape index (κ2) is 4.12. The van der Waals surface area contributed by atoms with Crippen LogP contribution >= 0.6 is 0 Å². The average molecular weight is 235 g/mol. The lowest BCUT2D eigenvalue weighted by molar-refractivity contribution is 0.0696. The molecule has 6 nitrogen and oxygen atoms in total. The zero-order valence-electron chi connectivity index (χ0n) is 8.37. The summed E-state index contributed by atoms with van der Waals surface area (Å²) in [5.74, 6) is -2.24. The van der Waals surface area contributed by atoms with Crippen molar-refractivity contribution in [2.75, 3.05) is 0 Å². The van der Waals surface area contributed by atoms with Crippen LogP contribution in [-0.4, -0.2) is 32.1 Å². The molecule has 0 aliphatic carbocycles. The molecule has 0 amide bonds. The van der Waals surface area contributed by atoms with E-state index in [0.717, 1.165) is 17.1 Å². The predicted octanol–water partition coefficient (Wildman–Crippen LogP) is 0.917. The van der Waals surface area contributed by atoms with Crippen LogP contribution in [0.3, 0.4) is 0 Å². The van der Waals surface area contributed by atoms with E-state index >= 15 is 0 Å². The maximum atomic E-state index is 13.7. The Labute approximate surface area is 94.3 Å². The first-order chi connectivity index (χ1) is 8.13. The molecule has 86 valence electrons. The molecule has 7 heteroatoms. The van der Waals surface area contributed by atoms with Gasteiger partial charge in [-0.15, -0.1) is 0 Å². The molecule has 0 saturated carbocycles. The molecule has 0 atom stereocenters. The minimum Gasteiger partial charge on any atom is -0.478 e. The largest absolute Gasteiger partial charge is 0.478 e. The molecule has 0 saturated heterocycles. The normalized spacial score (nSPS) is 10.2. The highest BCUT2D eigenvalue weighted by Gasteiger charge is 2.13. The molecule has 0 spiro atoms. The van der Waals surface area contributed by atoms with Gasteiger partial charge < -0.3 is 5.11 Å². The molecule has 2 heterocycles. The Kier molecular flexibility index (Phi) is 2.65. The second-order valence-electron chi connectivity index (χ2n) is 3.13. The highest BCUT2D eigenvalue weighted by molar-refractivity contribution is 5.87. The van der Waals surface area contributed by atoms with Crippen molar-refractivity contribution in [3.63, 3.8) is 0 Å². The first kappa shape index (κ1) is 10.9. The van der Waals surface area contributed by atoms with Crippen molar-refractivity contribution < 1.29 is 19.1 Å². The molecule has 0 unspecified atom stereocenters. The number of halogens is 1. The van der Waals surface area contributed by atoms with Crippen molar-refractivity contribution in [1.82, 2.24) is 14.8 Å². The molecule has 2 rings (SSSR count). The third-order valence-corrected chi connectivity index (χ3v) is 2.07. The number of rotatable bonds is 3. The summed E-state index contributed by atoms with van der Waals surface area (Å²) in [4.78, 5) is 24.9. The third-order valence-electron chi connectivity index (χ3n) is 2.07. The lowest BCUT2D eigenvalue weighted by Gasteiger charge is -2.02. The summed E-state index contributed by atoms with van der Waals surface area (Å²) in [7, 11) is 0. The molecule has 0 aliphatic rings. The van der Waals surface area contributed by atoms with Gasteiger partial charge in [-0.3, -0.25) is 4.79 Å². The van der Waals surface area contributed by atoms with E-state index in [1.807, 2.05) is 0 Å². The predicted molar refractivity (Wildman–Crippen MR) is 53.7 cm³/mol. The van der Waals surface area contributed by atoms with Crippen LogP contribution in [0.15, 0.2) is 24.7 Å². The Bertz CT molecular complexity index is 594. The number of carbonyl (C=O) groups excluding carboxylic acids is 1. The summed E-state index contributed by atoms with van der Waals surface area (Å²) < 4.78 is 14.6. The van der Waals surface area contributed by atoms with Gasteiger partial charge in [-0.2, -0.15) is 5.10 Å². The number of nitrogens with zero attached hydrogens (tertiary/aromatic N) is 3. The molecular weight excluding hydrogens is 229 g/mol. The van der Waals surface area contributed by atoms with Gasteiger partial charge in [0.25, 0.3) is 0 Å². The van der Waals surface area contributed by atoms with Gasteiger partial charge in [-0.05, 0) is 6.07 Å². The van der Waals surface area contributed by atoms with Crippen molar-refractivity contribution in [2.24, 2.45) is 0 Å². The maximum Gasteiger partial charge on any atom is 0.338 e. The van der Waals surface area contributed by atoms with Crippen LogP contribution in [-0.2, 0) is 0 Å². The molecule has 1 N–H and O–H groups in total. The van der Waals surface area contributed by atoms with E-state index in [9.17, 15) is 14.0 Å². The molecule has 0 radical (unpaired) electrons. The zero-order chi connectivity index (χ0) is 12.4. The smallest absolute Gasteiger partial charge is 0.338 e. The van der Waals surface area contributed by atoms with Crippen molar-refractivity contribution in [1.29, 1.82) is 0 Å². The van der Waals surface area contributed by atoms with Crippen LogP contribution in [0.2, 0.25) is 0 Å². The Hall–Kier alpha value is -2.57. The van der Waals surface area contributed by atoms with Gasteiger partial charge in [0.05, 0.1) is 17.3 Å². The van der Waals surface area contributed by atoms with E-state index in [-0.39, 0.29) is 16.9 Å². The summed E-state index contributed by atoms with van der Waals surface area (Å²) in [6, 6.07) is 1.22. The number of aldehydes is 1. The molecule has 0 aromatic carbocycles. The molecule has 2 aromatic rings. The van der Waals surface area contributed by atoms with Crippen molar-refractivity contribution in [3.05, 3.63) is 41.6 Å². The third kappa shape index (κ3) is 1.89. The molecule has 0 fully saturated rings. The van der Waals surface area contributed by atoms with Crippen LogP contribution in [0.5, 0.6) is 0 Å². The molecule has 2 aromatic heterocycles. The summed E-state index contributed by atoms with van der Waals surface area (Å²) >= 11 is 0. The van der Waals surface area contributed by atoms with Crippen LogP contribution < -0.4 is 0 Å². The highest BCUT2D eigenvalue weighted by atomic mass is 19.1. The van der Waals surface area contributed by atoms with Gasteiger partial charge in [0.2, 0.25) is 0 Å². The van der Waals surface area contributed by atoms with Crippen molar-refractivity contribution >= 4 is 12.3 Å². The summed E-state index contributed by atoms with van der Waals surface area (Å²) in [5, 5.41) is 12.4. The zero-order valence-corrected chi connectivity index (χ0v) is 8.37. The fraction of sp³-hybridized carbons (Fsp3) is 0. The summed E-state index contributed by atoms with van der Waals surface area (Å²) in [6.45, 7) is 0. The molecule has 0 bridgehead atoms. The van der Waals surface area contributed by atoms with Crippen LogP contribution in [0.25, 0.3) is 5.82 Å². The number of hydrogen-bond acceptors (Lipinski definition) is 4. The summed E-state index contributed by atoms with van der Waals surface area (Å²) in [6.07, 6.45) is 3.77. The van der Waals surface area contributed by atoms with E-state index in [2.05, 4.69) is 10.1 Å². The number of pyridine rings is 1. The van der Waals surface area contributed by atoms with Gasteiger partial charge >= 0.3 is 5.97 Å². The highest BCUT2D eigenvalue weighted by Crippen LogP contribution is 2.13. The topological polar surface area (TPSA) is 85.1 Å². The Morgan fingerprint density at radius 3 is 2.88 bits per heavy atom. The Morgan fingerprint density at radius 2 is 2.29 bits per heavy atom. The van der Waals surface area contributed by atoms with Crippen LogP contribution in [0, 0.1) is 5.82 Å². The monoisotopic (exact) mass is 235 g/mol. The lowest BCUT2D eigenvalue weighted by Crippen LogP contribution is -2.04. The SMILES string of the molecule is O=Cc1ccnc(-n2cc(C(=O)O)cn2)c1F. The van der Waals surface area contributed by atoms with E-state index in [4.69, 9.17) is 5.11 Å². The van der Waals surface area contributed by atoms with E-state index in [1.54, 1.807) is 0 Å². The molecular formula is C10H6FN3O3. The van der Waals surface area contributed by atoms with Crippen LogP contribution in [0.4, 0.5) is 4.39 Å². The van der Waals surface area contributed by atoms with Crippen molar-refractivity contribution in [3.8, 4) is 5.82 Å². The van der Waals surface area contributed by atoms with E-state index < -0.39 is 11.8 Å². The minimum absolute atomic E-state index is 0.0947. The van der Waals surface area contributed by atoms with Crippen molar-refractivity contribution in [2.45, 2.75) is 0 Å². The maximum absolute atomic E-state index is 13.7. The van der Waals surface area contributed by atoms with Crippen LogP contribution in [0.1, 0.15) is 20.7 Å². The Morgan fingerprint density at radius 1 is 1.53 bits per heavy atom. The van der Waals surface area contributed by atoms with E-state index in [1.165, 1.54) is 12.3 Å². The lowest BCUT2D eigenvalue weighted by atomic mass is 10.3. The van der Waals surface area contributed by atoms with Gasteiger partial charge in [0.1, 0.15) is 0 Å². The van der Waals surface area contributed by atoms with Gasteiger partial charge in [-0.1, -0.05) is 0 Å². The number of carboxylic acid groups (broad SMARTS) is 1. The number of aromatic nitrogens is 3. The minimum atomic E-state index is -1.18. The summed E-state index contributed by atoms with van der Waals surface area (Å²) in [5.41, 5.74) is -0.259. The fourth-order valence-corrected chi connectivity index (χ4v) is 1.25. The van der Waals surface area contributed by atoms with Gasteiger partial charge in [0.15, 0.2) is 17.9 Å². The first-order valence-electron chi connectivity index (χ1n) is 4.51. The number of carboxylic acids is 1. The number of carbonyl (C=O) groups is 2. The number of aromatic carboxylic acids is 1. The fourth-order valence-electron chi connectivity index (χ4n) is 1.25. The molecule has 17 heavy (non-hydrogen) atoms.